The summed E-state index contributed by atoms with van der Waals surface area (Å²) < 4.78 is 18.7. The highest BCUT2D eigenvalue weighted by Crippen LogP contribution is 2.44. The molecule has 0 fully saturated rings. The summed E-state index contributed by atoms with van der Waals surface area (Å²) in [5.41, 5.74) is 5.65. The van der Waals surface area contributed by atoms with Crippen LogP contribution in [0.4, 0.5) is 4.39 Å². The van der Waals surface area contributed by atoms with Gasteiger partial charge in [0, 0.05) is 35.7 Å². The Labute approximate surface area is 163 Å². The van der Waals surface area contributed by atoms with Crippen molar-refractivity contribution in [2.75, 3.05) is 20.3 Å². The Morgan fingerprint density at radius 2 is 1.82 bits per heavy atom. The van der Waals surface area contributed by atoms with Crippen LogP contribution in [-0.4, -0.2) is 36.1 Å². The zero-order valence-electron chi connectivity index (χ0n) is 16.3. The quantitative estimate of drug-likeness (QED) is 0.690. The van der Waals surface area contributed by atoms with Crippen molar-refractivity contribution in [2.45, 2.75) is 19.9 Å². The number of hydrogen-bond donors (Lipinski definition) is 1. The molecule has 5 heteroatoms. The van der Waals surface area contributed by atoms with E-state index in [1.54, 1.807) is 19.2 Å². The summed E-state index contributed by atoms with van der Waals surface area (Å²) in [6.07, 6.45) is 0. The fourth-order valence-corrected chi connectivity index (χ4v) is 4.02. The number of amides is 1. The number of aromatic amines is 1. The first-order valence-electron chi connectivity index (χ1n) is 9.36. The molecule has 0 unspecified atom stereocenters. The Morgan fingerprint density at radius 1 is 1.11 bits per heavy atom. The number of carbonyl (C=O) groups excluding carboxylic acids is 1. The van der Waals surface area contributed by atoms with E-state index in [-0.39, 0.29) is 17.8 Å². The van der Waals surface area contributed by atoms with Crippen LogP contribution < -0.4 is 0 Å². The Morgan fingerprint density at radius 3 is 2.54 bits per heavy atom. The molecular weight excluding hydrogens is 355 g/mol. The highest BCUT2D eigenvalue weighted by Gasteiger charge is 2.38. The van der Waals surface area contributed by atoms with Gasteiger partial charge in [0.15, 0.2) is 0 Å². The van der Waals surface area contributed by atoms with Crippen molar-refractivity contribution in [3.8, 4) is 11.3 Å². The Balaban J connectivity index is 1.94. The Hall–Kier alpha value is -2.92. The molecule has 2 aromatic carbocycles. The minimum absolute atomic E-state index is 0.0369. The maximum absolute atomic E-state index is 13.5. The topological polar surface area (TPSA) is 45.3 Å². The van der Waals surface area contributed by atoms with Gasteiger partial charge < -0.3 is 14.6 Å². The van der Waals surface area contributed by atoms with Crippen molar-refractivity contribution in [1.82, 2.24) is 9.88 Å². The van der Waals surface area contributed by atoms with Crippen LogP contribution in [-0.2, 0) is 9.53 Å². The van der Waals surface area contributed by atoms with E-state index in [0.29, 0.717) is 13.2 Å². The van der Waals surface area contributed by atoms with Gasteiger partial charge in [0.05, 0.1) is 18.3 Å². The normalized spacial score (nSPS) is 17.2. The molecule has 1 N–H and O–H groups in total. The number of carbonyl (C=O) groups is 1. The molecule has 4 nitrogen and oxygen atoms in total. The molecule has 0 saturated carbocycles. The third-order valence-electron chi connectivity index (χ3n) is 5.58. The highest BCUT2D eigenvalue weighted by molar-refractivity contribution is 6.00. The molecule has 2 heterocycles. The minimum atomic E-state index is -0.272. The average molecular weight is 378 g/mol. The van der Waals surface area contributed by atoms with E-state index in [2.05, 4.69) is 11.1 Å². The number of ether oxygens (including phenoxy) is 1. The van der Waals surface area contributed by atoms with Gasteiger partial charge in [0.1, 0.15) is 5.82 Å². The SMILES string of the molecule is COCCN1C(=O)C(C)=C(C)[C@H]1c1c(-c2ccc(F)cc2)[nH]c2ccccc12. The number of rotatable bonds is 5. The van der Waals surface area contributed by atoms with Gasteiger partial charge in [-0.1, -0.05) is 18.2 Å². The second kappa shape index (κ2) is 7.24. The van der Waals surface area contributed by atoms with E-state index in [1.165, 1.54) is 12.1 Å². The second-order valence-electron chi connectivity index (χ2n) is 7.17. The molecule has 4 rings (SSSR count). The monoisotopic (exact) mass is 378 g/mol. The maximum Gasteiger partial charge on any atom is 0.250 e. The minimum Gasteiger partial charge on any atom is -0.383 e. The molecule has 0 aliphatic carbocycles. The van der Waals surface area contributed by atoms with Crippen molar-refractivity contribution in [3.05, 3.63) is 71.1 Å². The van der Waals surface area contributed by atoms with Crippen molar-refractivity contribution in [2.24, 2.45) is 0 Å². The van der Waals surface area contributed by atoms with Crippen molar-refractivity contribution in [3.63, 3.8) is 0 Å². The summed E-state index contributed by atoms with van der Waals surface area (Å²) in [5.74, 6) is -0.235. The number of benzene rings is 2. The molecule has 28 heavy (non-hydrogen) atoms. The predicted octanol–water partition coefficient (Wildman–Crippen LogP) is 4.84. The van der Waals surface area contributed by atoms with E-state index in [4.69, 9.17) is 4.74 Å². The average Bonchev–Trinajstić information content (AvgIpc) is 3.18. The standard InChI is InChI=1S/C23H23FN2O2/c1-14-15(2)23(27)26(12-13-28-3)22(14)20-18-6-4-5-7-19(18)25-21(20)16-8-10-17(24)11-9-16/h4-11,22,25H,12-13H2,1-3H3/t22-/m0/s1. The van der Waals surface area contributed by atoms with Gasteiger partial charge >= 0.3 is 0 Å². The molecule has 1 atom stereocenters. The summed E-state index contributed by atoms with van der Waals surface area (Å²) in [4.78, 5) is 18.3. The van der Waals surface area contributed by atoms with Crippen LogP contribution in [0.15, 0.2) is 59.7 Å². The lowest BCUT2D eigenvalue weighted by Crippen LogP contribution is -2.33. The molecule has 0 saturated heterocycles. The lowest BCUT2D eigenvalue weighted by atomic mass is 9.94. The number of nitrogens with zero attached hydrogens (tertiary/aromatic N) is 1. The van der Waals surface area contributed by atoms with Gasteiger partial charge in [-0.15, -0.1) is 0 Å². The van der Waals surface area contributed by atoms with Gasteiger partial charge in [0.25, 0.3) is 0 Å². The largest absolute Gasteiger partial charge is 0.383 e. The predicted molar refractivity (Wildman–Crippen MR) is 108 cm³/mol. The third kappa shape index (κ3) is 2.92. The number of nitrogens with one attached hydrogen (secondary N) is 1. The number of halogens is 1. The van der Waals surface area contributed by atoms with Gasteiger partial charge in [-0.2, -0.15) is 0 Å². The summed E-state index contributed by atoms with van der Waals surface area (Å²) in [7, 11) is 1.64. The zero-order chi connectivity index (χ0) is 19.8. The van der Waals surface area contributed by atoms with Crippen LogP contribution in [0.2, 0.25) is 0 Å². The molecule has 1 aliphatic heterocycles. The number of fused-ring (bicyclic) bond motifs is 1. The fraction of sp³-hybridized carbons (Fsp3) is 0.261. The van der Waals surface area contributed by atoms with Crippen LogP contribution in [0.25, 0.3) is 22.2 Å². The Bertz CT molecular complexity index is 1070. The van der Waals surface area contributed by atoms with E-state index < -0.39 is 0 Å². The molecule has 1 aromatic heterocycles. The summed E-state index contributed by atoms with van der Waals surface area (Å²) in [6.45, 7) is 4.87. The second-order valence-corrected chi connectivity index (χ2v) is 7.17. The van der Waals surface area contributed by atoms with Gasteiger partial charge in [-0.25, -0.2) is 4.39 Å². The summed E-state index contributed by atoms with van der Waals surface area (Å²) >= 11 is 0. The van der Waals surface area contributed by atoms with Crippen LogP contribution in [0.1, 0.15) is 25.5 Å². The maximum atomic E-state index is 13.5. The first-order chi connectivity index (χ1) is 13.5. The van der Waals surface area contributed by atoms with Crippen LogP contribution in [0.5, 0.6) is 0 Å². The molecular formula is C23H23FN2O2. The van der Waals surface area contributed by atoms with Crippen LogP contribution in [0, 0.1) is 5.82 Å². The van der Waals surface area contributed by atoms with E-state index in [9.17, 15) is 9.18 Å². The summed E-state index contributed by atoms with van der Waals surface area (Å²) in [5, 5.41) is 1.07. The van der Waals surface area contributed by atoms with Gasteiger partial charge in [-0.3, -0.25) is 4.79 Å². The molecule has 3 aromatic rings. The lowest BCUT2D eigenvalue weighted by Gasteiger charge is -2.27. The van der Waals surface area contributed by atoms with Crippen LogP contribution in [0.3, 0.4) is 0 Å². The van der Waals surface area contributed by atoms with Gasteiger partial charge in [-0.05, 0) is 55.3 Å². The Kier molecular flexibility index (Phi) is 4.77. The zero-order valence-corrected chi connectivity index (χ0v) is 16.3. The fourth-order valence-electron chi connectivity index (χ4n) is 4.02. The smallest absolute Gasteiger partial charge is 0.250 e. The van der Waals surface area contributed by atoms with E-state index in [1.807, 2.05) is 36.9 Å². The molecule has 144 valence electrons. The van der Waals surface area contributed by atoms with Crippen molar-refractivity contribution < 1.29 is 13.9 Å². The van der Waals surface area contributed by atoms with Crippen molar-refractivity contribution in [1.29, 1.82) is 0 Å². The number of H-pyrrole nitrogens is 1. The summed E-state index contributed by atoms with van der Waals surface area (Å²) in [6, 6.07) is 14.3. The van der Waals surface area contributed by atoms with Gasteiger partial charge in [0.2, 0.25) is 5.91 Å². The van der Waals surface area contributed by atoms with E-state index >= 15 is 0 Å². The van der Waals surface area contributed by atoms with Crippen molar-refractivity contribution >= 4 is 16.8 Å². The molecule has 1 amide bonds. The number of hydrogen-bond acceptors (Lipinski definition) is 2. The number of methoxy groups -OCH3 is 1. The molecule has 0 radical (unpaired) electrons. The molecule has 0 spiro atoms. The van der Waals surface area contributed by atoms with Crippen LogP contribution >= 0.6 is 0 Å². The first kappa shape index (κ1) is 18.4. The first-order valence-corrected chi connectivity index (χ1v) is 9.36. The highest BCUT2D eigenvalue weighted by atomic mass is 19.1. The number of aromatic nitrogens is 1. The third-order valence-corrected chi connectivity index (χ3v) is 5.58. The molecule has 1 aliphatic rings. The lowest BCUT2D eigenvalue weighted by molar-refractivity contribution is -0.127. The number of para-hydroxylation sites is 1. The molecule has 0 bridgehead atoms. The van der Waals surface area contributed by atoms with E-state index in [0.717, 1.165) is 38.9 Å².